The number of aryl methyl sites for hydroxylation is 2. The quantitative estimate of drug-likeness (QED) is 0.194. The van der Waals surface area contributed by atoms with Gasteiger partial charge in [0.2, 0.25) is 0 Å². The summed E-state index contributed by atoms with van der Waals surface area (Å²) in [5.74, 6) is 13.1. The molecule has 0 fully saturated rings. The molecule has 4 rings (SSSR count). The van der Waals surface area contributed by atoms with Gasteiger partial charge in [-0.3, -0.25) is 0 Å². The summed E-state index contributed by atoms with van der Waals surface area (Å²) in [4.78, 5) is 0. The van der Waals surface area contributed by atoms with Crippen LogP contribution in [0.15, 0.2) is 81.7 Å². The van der Waals surface area contributed by atoms with Gasteiger partial charge in [-0.1, -0.05) is 72.9 Å². The van der Waals surface area contributed by atoms with Gasteiger partial charge in [-0.05, 0) is 105 Å². The van der Waals surface area contributed by atoms with Crippen LogP contribution >= 0.6 is 31.9 Å². The third-order valence-electron chi connectivity index (χ3n) is 4.80. The molecule has 0 N–H and O–H groups in total. The van der Waals surface area contributed by atoms with Crippen LogP contribution in [-0.2, 0) is 0 Å². The first-order valence-electron chi connectivity index (χ1n) is 10.6. The van der Waals surface area contributed by atoms with Crippen LogP contribution in [0.1, 0.15) is 47.2 Å². The van der Waals surface area contributed by atoms with E-state index in [1.807, 2.05) is 38.1 Å². The van der Waals surface area contributed by atoms with Crippen LogP contribution in [0.3, 0.4) is 0 Å². The number of benzene rings is 4. The summed E-state index contributed by atoms with van der Waals surface area (Å²) in [5.41, 5.74) is 6.42. The van der Waals surface area contributed by atoms with Crippen LogP contribution < -0.4 is 0 Å². The lowest BCUT2D eigenvalue weighted by molar-refractivity contribution is 1.46. The Morgan fingerprint density at radius 2 is 0.844 bits per heavy atom. The number of fused-ring (bicyclic) bond motifs is 1. The van der Waals surface area contributed by atoms with Crippen molar-refractivity contribution < 1.29 is 0 Å². The lowest BCUT2D eigenvalue weighted by Crippen LogP contribution is -1.85. The first-order chi connectivity index (χ1) is 15.5. The lowest BCUT2D eigenvalue weighted by Gasteiger charge is -2.05. The third kappa shape index (κ3) is 6.14. The van der Waals surface area contributed by atoms with Crippen molar-refractivity contribution in [2.75, 3.05) is 0 Å². The second-order valence-corrected chi connectivity index (χ2v) is 8.95. The molecule has 0 atom stereocenters. The molecule has 0 spiro atoms. The molecule has 0 saturated heterocycles. The molecular formula is C30H24Br2. The topological polar surface area (TPSA) is 0 Å². The summed E-state index contributed by atoms with van der Waals surface area (Å²) in [7, 11) is 0. The first kappa shape index (κ1) is 23.9. The Balaban J connectivity index is 0.00000141. The van der Waals surface area contributed by atoms with Crippen LogP contribution in [0.2, 0.25) is 0 Å². The summed E-state index contributed by atoms with van der Waals surface area (Å²) in [5, 5.41) is 2.25. The van der Waals surface area contributed by atoms with Gasteiger partial charge in [0, 0.05) is 31.2 Å². The molecule has 0 aromatic heterocycles. The molecule has 0 amide bonds. The predicted octanol–water partition coefficient (Wildman–Crippen LogP) is 8.81. The number of hydrogen-bond donors (Lipinski definition) is 0. The average molecular weight is 544 g/mol. The fourth-order valence-electron chi connectivity index (χ4n) is 3.04. The molecule has 0 unspecified atom stereocenters. The smallest absolute Gasteiger partial charge is 0.0397 e. The molecule has 158 valence electrons. The molecule has 0 aliphatic heterocycles. The van der Waals surface area contributed by atoms with E-state index in [4.69, 9.17) is 0 Å². The molecule has 0 aliphatic carbocycles. The van der Waals surface area contributed by atoms with Crippen molar-refractivity contribution in [3.05, 3.63) is 115 Å². The Labute approximate surface area is 208 Å². The fourth-order valence-corrected chi connectivity index (χ4v) is 3.96. The second kappa shape index (κ2) is 11.2. The second-order valence-electron chi connectivity index (χ2n) is 7.24. The highest BCUT2D eigenvalue weighted by Gasteiger charge is 2.05. The van der Waals surface area contributed by atoms with E-state index in [9.17, 15) is 0 Å². The van der Waals surface area contributed by atoms with Crippen molar-refractivity contribution in [3.8, 4) is 23.7 Å². The molecule has 32 heavy (non-hydrogen) atoms. The number of hydrogen-bond acceptors (Lipinski definition) is 0. The summed E-state index contributed by atoms with van der Waals surface area (Å²) in [6, 6.07) is 25.0. The molecule has 0 radical (unpaired) electrons. The third-order valence-corrected chi connectivity index (χ3v) is 6.11. The molecule has 2 heteroatoms. The average Bonchev–Trinajstić information content (AvgIpc) is 2.80. The van der Waals surface area contributed by atoms with Crippen LogP contribution in [0.25, 0.3) is 10.8 Å². The molecule has 0 nitrogen and oxygen atoms in total. The molecule has 0 saturated carbocycles. The summed E-state index contributed by atoms with van der Waals surface area (Å²) >= 11 is 7.36. The summed E-state index contributed by atoms with van der Waals surface area (Å²) in [6.45, 7) is 8.16. The molecular weight excluding hydrogens is 520 g/mol. The zero-order chi connectivity index (χ0) is 23.1. The van der Waals surface area contributed by atoms with Gasteiger partial charge in [-0.25, -0.2) is 0 Å². The van der Waals surface area contributed by atoms with Crippen molar-refractivity contribution in [1.82, 2.24) is 0 Å². The Kier molecular flexibility index (Phi) is 8.35. The van der Waals surface area contributed by atoms with E-state index in [0.29, 0.717) is 0 Å². The summed E-state index contributed by atoms with van der Waals surface area (Å²) in [6.07, 6.45) is 0. The van der Waals surface area contributed by atoms with Gasteiger partial charge < -0.3 is 0 Å². The zero-order valence-electron chi connectivity index (χ0n) is 18.7. The van der Waals surface area contributed by atoms with Gasteiger partial charge in [0.1, 0.15) is 0 Å². The van der Waals surface area contributed by atoms with Crippen molar-refractivity contribution in [2.24, 2.45) is 0 Å². The van der Waals surface area contributed by atoms with Crippen molar-refractivity contribution in [2.45, 2.75) is 27.7 Å². The highest BCUT2D eigenvalue weighted by atomic mass is 79.9. The molecule has 4 aromatic rings. The van der Waals surface area contributed by atoms with E-state index < -0.39 is 0 Å². The number of halogens is 2. The SMILES string of the molecule is CC.Cc1ccc(C#Cc2cc3cc(Br)c(C#Cc4ccc(C)cc4)cc3cc2Br)cc1. The van der Waals surface area contributed by atoms with E-state index in [1.54, 1.807) is 0 Å². The number of rotatable bonds is 0. The molecule has 0 heterocycles. The summed E-state index contributed by atoms with van der Waals surface area (Å²) < 4.78 is 1.96. The van der Waals surface area contributed by atoms with E-state index in [0.717, 1.165) is 42.0 Å². The maximum Gasteiger partial charge on any atom is 0.0397 e. The van der Waals surface area contributed by atoms with E-state index in [2.05, 4.69) is 118 Å². The van der Waals surface area contributed by atoms with Crippen molar-refractivity contribution >= 4 is 42.6 Å². The highest BCUT2D eigenvalue weighted by Crippen LogP contribution is 2.29. The minimum Gasteiger partial charge on any atom is -0.0683 e. The minimum absolute atomic E-state index is 0.966. The zero-order valence-corrected chi connectivity index (χ0v) is 21.9. The highest BCUT2D eigenvalue weighted by molar-refractivity contribution is 9.10. The monoisotopic (exact) mass is 542 g/mol. The van der Waals surface area contributed by atoms with Crippen LogP contribution in [0.5, 0.6) is 0 Å². The molecule has 0 bridgehead atoms. The predicted molar refractivity (Wildman–Crippen MR) is 145 cm³/mol. The normalized spacial score (nSPS) is 9.69. The van der Waals surface area contributed by atoms with Crippen molar-refractivity contribution in [3.63, 3.8) is 0 Å². The van der Waals surface area contributed by atoms with Gasteiger partial charge in [0.25, 0.3) is 0 Å². The first-order valence-corrected chi connectivity index (χ1v) is 12.2. The van der Waals surface area contributed by atoms with Gasteiger partial charge >= 0.3 is 0 Å². The lowest BCUT2D eigenvalue weighted by atomic mass is 10.0. The van der Waals surface area contributed by atoms with Crippen LogP contribution in [0, 0.1) is 37.5 Å². The maximum atomic E-state index is 3.68. The van der Waals surface area contributed by atoms with E-state index in [-0.39, 0.29) is 0 Å². The Morgan fingerprint density at radius 1 is 0.500 bits per heavy atom. The largest absolute Gasteiger partial charge is 0.0683 e. The molecule has 0 aliphatic rings. The van der Waals surface area contributed by atoms with Gasteiger partial charge in [-0.2, -0.15) is 0 Å². The van der Waals surface area contributed by atoms with E-state index >= 15 is 0 Å². The van der Waals surface area contributed by atoms with Crippen molar-refractivity contribution in [1.29, 1.82) is 0 Å². The van der Waals surface area contributed by atoms with Crippen LogP contribution in [0.4, 0.5) is 0 Å². The molecule has 4 aromatic carbocycles. The Bertz CT molecular complexity index is 1250. The van der Waals surface area contributed by atoms with E-state index in [1.165, 1.54) is 11.1 Å². The van der Waals surface area contributed by atoms with Crippen LogP contribution in [-0.4, -0.2) is 0 Å². The van der Waals surface area contributed by atoms with Gasteiger partial charge in [0.05, 0.1) is 0 Å². The minimum atomic E-state index is 0.966. The standard InChI is InChI=1S/C28H18Br2.C2H6/c1-19-3-7-21(8-4-19)11-13-23-15-25-18-28(30)24(16-26(25)17-27(23)29)14-12-22-9-5-20(2)6-10-22;1-2/h3-10,15-18H,1-2H3;1-2H3. The van der Waals surface area contributed by atoms with Gasteiger partial charge in [0.15, 0.2) is 0 Å². The van der Waals surface area contributed by atoms with Gasteiger partial charge in [-0.15, -0.1) is 0 Å². The maximum absolute atomic E-state index is 3.68. The fraction of sp³-hybridized carbons (Fsp3) is 0.133. The Morgan fingerprint density at radius 3 is 1.19 bits per heavy atom. The Hall–Kier alpha value is -2.78.